The van der Waals surface area contributed by atoms with Crippen molar-refractivity contribution in [2.45, 2.75) is 72.4 Å². The van der Waals surface area contributed by atoms with Gasteiger partial charge in [-0.1, -0.05) is 44.5 Å². The van der Waals surface area contributed by atoms with Crippen molar-refractivity contribution in [3.05, 3.63) is 35.4 Å². The van der Waals surface area contributed by atoms with Gasteiger partial charge in [0.05, 0.1) is 6.54 Å². The Morgan fingerprint density at radius 1 is 1.03 bits per heavy atom. The molecule has 0 bridgehead atoms. The van der Waals surface area contributed by atoms with E-state index in [4.69, 9.17) is 4.99 Å². The largest absolute Gasteiger partial charge is 0.396 e. The van der Waals surface area contributed by atoms with E-state index in [-0.39, 0.29) is 36.0 Å². The summed E-state index contributed by atoms with van der Waals surface area (Å²) in [6.07, 6.45) is 6.93. The van der Waals surface area contributed by atoms with E-state index in [1.165, 1.54) is 43.5 Å². The van der Waals surface area contributed by atoms with Gasteiger partial charge in [-0.15, -0.1) is 24.0 Å². The van der Waals surface area contributed by atoms with Crippen LogP contribution < -0.4 is 10.6 Å². The third-order valence-corrected chi connectivity index (χ3v) is 6.49. The van der Waals surface area contributed by atoms with Crippen molar-refractivity contribution in [3.63, 3.8) is 0 Å². The number of aliphatic hydroxyl groups is 1. The maximum Gasteiger partial charge on any atom is 0.191 e. The first-order valence-corrected chi connectivity index (χ1v) is 11.6. The van der Waals surface area contributed by atoms with Crippen molar-refractivity contribution in [2.24, 2.45) is 10.4 Å². The predicted octanol–water partition coefficient (Wildman–Crippen LogP) is 4.53. The summed E-state index contributed by atoms with van der Waals surface area (Å²) in [4.78, 5) is 7.45. The molecule has 3 N–H and O–H groups in total. The highest BCUT2D eigenvalue weighted by Gasteiger charge is 2.25. The van der Waals surface area contributed by atoms with Crippen molar-refractivity contribution < 1.29 is 5.11 Å². The number of rotatable bonds is 11. The number of aliphatic imine (C=N–C) groups is 1. The highest BCUT2D eigenvalue weighted by atomic mass is 127. The van der Waals surface area contributed by atoms with Crippen LogP contribution in [0.3, 0.4) is 0 Å². The van der Waals surface area contributed by atoms with Gasteiger partial charge < -0.3 is 15.7 Å². The van der Waals surface area contributed by atoms with Gasteiger partial charge in [-0.2, -0.15) is 0 Å². The molecule has 1 saturated heterocycles. The van der Waals surface area contributed by atoms with Crippen LogP contribution in [0.15, 0.2) is 29.3 Å². The third-order valence-electron chi connectivity index (χ3n) is 6.49. The number of benzene rings is 1. The third kappa shape index (κ3) is 8.71. The number of halogens is 1. The molecule has 1 aliphatic heterocycles. The van der Waals surface area contributed by atoms with E-state index < -0.39 is 0 Å². The maximum atomic E-state index is 9.47. The van der Waals surface area contributed by atoms with Crippen LogP contribution in [0.25, 0.3) is 0 Å². The monoisotopic (exact) mass is 530 g/mol. The molecule has 2 rings (SSSR count). The molecule has 172 valence electrons. The lowest BCUT2D eigenvalue weighted by molar-refractivity contribution is 0.169. The summed E-state index contributed by atoms with van der Waals surface area (Å²) in [6, 6.07) is 8.72. The average molecular weight is 531 g/mol. The van der Waals surface area contributed by atoms with E-state index >= 15 is 0 Å². The second-order valence-corrected chi connectivity index (χ2v) is 8.33. The van der Waals surface area contributed by atoms with Gasteiger partial charge in [0.2, 0.25) is 0 Å². The standard InChI is InChI=1S/C24H42N4O.HI/c1-4-24(5-2,14-17-29)20-27-23(25-6-3)26-18-21-12-8-9-13-22(21)19-28-15-10-7-11-16-28;/h8-9,12-13,29H,4-7,10-11,14-20H2,1-3H3,(H2,25,26,27);1H. The number of hydrogen-bond donors (Lipinski definition) is 3. The summed E-state index contributed by atoms with van der Waals surface area (Å²) >= 11 is 0. The lowest BCUT2D eigenvalue weighted by Gasteiger charge is -2.32. The minimum atomic E-state index is 0. The smallest absolute Gasteiger partial charge is 0.191 e. The number of nitrogens with zero attached hydrogens (tertiary/aromatic N) is 2. The van der Waals surface area contributed by atoms with Crippen LogP contribution in [0.5, 0.6) is 0 Å². The first-order valence-electron chi connectivity index (χ1n) is 11.6. The highest BCUT2D eigenvalue weighted by Crippen LogP contribution is 2.29. The molecule has 0 amide bonds. The number of piperidine rings is 1. The molecule has 0 saturated carbocycles. The van der Waals surface area contributed by atoms with Gasteiger partial charge in [0.1, 0.15) is 0 Å². The molecule has 1 aromatic carbocycles. The maximum absolute atomic E-state index is 9.47. The van der Waals surface area contributed by atoms with E-state index in [2.05, 4.69) is 60.6 Å². The zero-order chi connectivity index (χ0) is 21.0. The Labute approximate surface area is 201 Å². The summed E-state index contributed by atoms with van der Waals surface area (Å²) in [5.74, 6) is 0.865. The second-order valence-electron chi connectivity index (χ2n) is 8.33. The summed E-state index contributed by atoms with van der Waals surface area (Å²) in [6.45, 7) is 12.6. The number of guanidine groups is 1. The number of aliphatic hydroxyl groups excluding tert-OH is 1. The average Bonchev–Trinajstić information content (AvgIpc) is 2.76. The molecular weight excluding hydrogens is 487 g/mol. The van der Waals surface area contributed by atoms with Gasteiger partial charge in [0.25, 0.3) is 0 Å². The Hall–Kier alpha value is -0.860. The fourth-order valence-corrected chi connectivity index (χ4v) is 4.18. The van der Waals surface area contributed by atoms with Gasteiger partial charge in [-0.3, -0.25) is 4.90 Å². The first kappa shape index (κ1) is 27.2. The van der Waals surface area contributed by atoms with Crippen LogP contribution in [0, 0.1) is 5.41 Å². The molecule has 5 nitrogen and oxygen atoms in total. The minimum Gasteiger partial charge on any atom is -0.396 e. The second kappa shape index (κ2) is 15.0. The molecule has 1 aliphatic rings. The molecular formula is C24H43IN4O. The van der Waals surface area contributed by atoms with Crippen molar-refractivity contribution in [1.29, 1.82) is 0 Å². The van der Waals surface area contributed by atoms with Gasteiger partial charge in [0.15, 0.2) is 5.96 Å². The van der Waals surface area contributed by atoms with Crippen molar-refractivity contribution in [1.82, 2.24) is 15.5 Å². The van der Waals surface area contributed by atoms with Crippen molar-refractivity contribution >= 4 is 29.9 Å². The fourth-order valence-electron chi connectivity index (χ4n) is 4.18. The van der Waals surface area contributed by atoms with Gasteiger partial charge in [0, 0.05) is 26.2 Å². The van der Waals surface area contributed by atoms with Crippen LogP contribution in [0.4, 0.5) is 0 Å². The molecule has 0 unspecified atom stereocenters. The Morgan fingerprint density at radius 2 is 1.70 bits per heavy atom. The summed E-state index contributed by atoms with van der Waals surface area (Å²) in [5.41, 5.74) is 2.82. The molecule has 0 spiro atoms. The lowest BCUT2D eigenvalue weighted by Crippen LogP contribution is -2.43. The zero-order valence-electron chi connectivity index (χ0n) is 19.3. The Bertz CT molecular complexity index is 613. The Morgan fingerprint density at radius 3 is 2.30 bits per heavy atom. The molecule has 1 heterocycles. The van der Waals surface area contributed by atoms with E-state index in [1.54, 1.807) is 0 Å². The minimum absolute atomic E-state index is 0. The quantitative estimate of drug-likeness (QED) is 0.224. The molecule has 30 heavy (non-hydrogen) atoms. The predicted molar refractivity (Wildman–Crippen MR) is 139 cm³/mol. The fraction of sp³-hybridized carbons (Fsp3) is 0.708. The molecule has 1 aromatic rings. The van der Waals surface area contributed by atoms with Crippen LogP contribution >= 0.6 is 24.0 Å². The first-order chi connectivity index (χ1) is 14.2. The molecule has 0 radical (unpaired) electrons. The molecule has 1 fully saturated rings. The number of hydrogen-bond acceptors (Lipinski definition) is 3. The van der Waals surface area contributed by atoms with E-state index in [0.29, 0.717) is 6.54 Å². The van der Waals surface area contributed by atoms with E-state index in [9.17, 15) is 5.11 Å². The van der Waals surface area contributed by atoms with Crippen molar-refractivity contribution in [3.8, 4) is 0 Å². The number of likely N-dealkylation sites (tertiary alicyclic amines) is 1. The van der Waals surface area contributed by atoms with Gasteiger partial charge in [-0.25, -0.2) is 4.99 Å². The molecule has 0 aliphatic carbocycles. The van der Waals surface area contributed by atoms with Crippen LogP contribution in [0.1, 0.15) is 70.4 Å². The van der Waals surface area contributed by atoms with E-state index in [1.807, 2.05) is 0 Å². The molecule has 0 aromatic heterocycles. The van der Waals surface area contributed by atoms with Crippen molar-refractivity contribution in [2.75, 3.05) is 32.8 Å². The van der Waals surface area contributed by atoms with Crippen LogP contribution in [-0.2, 0) is 13.1 Å². The SMILES string of the molecule is CCNC(=NCc1ccccc1CN1CCCCC1)NCC(CC)(CC)CCO.I. The van der Waals surface area contributed by atoms with Crippen LogP contribution in [0.2, 0.25) is 0 Å². The van der Waals surface area contributed by atoms with E-state index in [0.717, 1.165) is 44.9 Å². The normalized spacial score (nSPS) is 15.5. The molecule has 0 atom stereocenters. The summed E-state index contributed by atoms with van der Waals surface area (Å²) in [7, 11) is 0. The Kier molecular flexibility index (Phi) is 13.6. The van der Waals surface area contributed by atoms with Gasteiger partial charge >= 0.3 is 0 Å². The topological polar surface area (TPSA) is 59.9 Å². The summed E-state index contributed by atoms with van der Waals surface area (Å²) in [5, 5.41) is 16.4. The highest BCUT2D eigenvalue weighted by molar-refractivity contribution is 14.0. The van der Waals surface area contributed by atoms with Gasteiger partial charge in [-0.05, 0) is 68.7 Å². The Balaban J connectivity index is 0.00000450. The lowest BCUT2D eigenvalue weighted by atomic mass is 9.79. The number of nitrogens with one attached hydrogen (secondary N) is 2. The zero-order valence-corrected chi connectivity index (χ0v) is 21.6. The van der Waals surface area contributed by atoms with Crippen LogP contribution in [-0.4, -0.2) is 48.8 Å². The summed E-state index contributed by atoms with van der Waals surface area (Å²) < 4.78 is 0. The molecule has 6 heteroatoms.